The first-order chi connectivity index (χ1) is 13.4. The zero-order chi connectivity index (χ0) is 20.5. The van der Waals surface area contributed by atoms with Crippen molar-refractivity contribution in [1.82, 2.24) is 5.32 Å². The van der Waals surface area contributed by atoms with Crippen LogP contribution in [0.4, 0.5) is 0 Å². The topological polar surface area (TPSA) is 67.8 Å². The molecule has 0 aliphatic rings. The SMILES string of the molecule is COc1cc(CNC(CCSC)C(=O)O)cc(Cl)c1OCc1ccc(Cl)cc1. The van der Waals surface area contributed by atoms with Gasteiger partial charge >= 0.3 is 5.97 Å². The highest BCUT2D eigenvalue weighted by atomic mass is 35.5. The molecular weight excluding hydrogens is 421 g/mol. The van der Waals surface area contributed by atoms with E-state index in [9.17, 15) is 9.90 Å². The molecule has 0 spiro atoms. The van der Waals surface area contributed by atoms with E-state index in [2.05, 4.69) is 5.32 Å². The van der Waals surface area contributed by atoms with E-state index >= 15 is 0 Å². The lowest BCUT2D eigenvalue weighted by atomic mass is 10.1. The summed E-state index contributed by atoms with van der Waals surface area (Å²) in [6.45, 7) is 0.680. The first-order valence-corrected chi connectivity index (χ1v) is 10.8. The van der Waals surface area contributed by atoms with Crippen LogP contribution in [0.25, 0.3) is 0 Å². The van der Waals surface area contributed by atoms with Crippen molar-refractivity contribution in [2.75, 3.05) is 19.1 Å². The van der Waals surface area contributed by atoms with E-state index in [4.69, 9.17) is 32.7 Å². The van der Waals surface area contributed by atoms with Gasteiger partial charge in [0, 0.05) is 11.6 Å². The Morgan fingerprint density at radius 2 is 1.93 bits per heavy atom. The number of methoxy groups -OCH3 is 1. The summed E-state index contributed by atoms with van der Waals surface area (Å²) in [4.78, 5) is 11.4. The number of aliphatic carboxylic acids is 1. The van der Waals surface area contributed by atoms with Crippen molar-refractivity contribution in [1.29, 1.82) is 0 Å². The number of rotatable bonds is 11. The Labute approximate surface area is 179 Å². The fraction of sp³-hybridized carbons (Fsp3) is 0.350. The summed E-state index contributed by atoms with van der Waals surface area (Å²) in [5.74, 6) is 0.843. The van der Waals surface area contributed by atoms with Crippen LogP contribution in [0.2, 0.25) is 10.0 Å². The van der Waals surface area contributed by atoms with Gasteiger partial charge in [0.25, 0.3) is 0 Å². The molecule has 152 valence electrons. The molecule has 0 aromatic heterocycles. The third-order valence-electron chi connectivity index (χ3n) is 4.05. The van der Waals surface area contributed by atoms with E-state index in [1.165, 1.54) is 7.11 Å². The lowest BCUT2D eigenvalue weighted by Gasteiger charge is -2.17. The average Bonchev–Trinajstić information content (AvgIpc) is 2.67. The van der Waals surface area contributed by atoms with Crippen molar-refractivity contribution in [3.05, 3.63) is 57.6 Å². The minimum Gasteiger partial charge on any atom is -0.493 e. The van der Waals surface area contributed by atoms with Crippen LogP contribution in [-0.4, -0.2) is 36.2 Å². The highest BCUT2D eigenvalue weighted by molar-refractivity contribution is 7.98. The van der Waals surface area contributed by atoms with Crippen molar-refractivity contribution in [2.45, 2.75) is 25.6 Å². The largest absolute Gasteiger partial charge is 0.493 e. The van der Waals surface area contributed by atoms with E-state index in [0.29, 0.717) is 41.1 Å². The Morgan fingerprint density at radius 1 is 1.21 bits per heavy atom. The summed E-state index contributed by atoms with van der Waals surface area (Å²) in [6.07, 6.45) is 2.50. The normalized spacial score (nSPS) is 11.9. The van der Waals surface area contributed by atoms with Gasteiger partial charge in [-0.2, -0.15) is 11.8 Å². The summed E-state index contributed by atoms with van der Waals surface area (Å²) < 4.78 is 11.3. The van der Waals surface area contributed by atoms with Gasteiger partial charge in [-0.15, -0.1) is 0 Å². The molecule has 0 bridgehead atoms. The number of hydrogen-bond acceptors (Lipinski definition) is 5. The Kier molecular flexibility index (Phi) is 9.25. The monoisotopic (exact) mass is 443 g/mol. The highest BCUT2D eigenvalue weighted by Gasteiger charge is 2.17. The van der Waals surface area contributed by atoms with Gasteiger partial charge in [0.2, 0.25) is 0 Å². The molecule has 0 heterocycles. The fourth-order valence-corrected chi connectivity index (χ4v) is 3.43. The Morgan fingerprint density at radius 3 is 2.54 bits per heavy atom. The molecule has 0 saturated heterocycles. The minimum atomic E-state index is -0.866. The second-order valence-corrected chi connectivity index (χ2v) is 7.91. The number of carbonyl (C=O) groups is 1. The van der Waals surface area contributed by atoms with Gasteiger partial charge in [-0.05, 0) is 53.8 Å². The van der Waals surface area contributed by atoms with Crippen LogP contribution in [0.5, 0.6) is 11.5 Å². The standard InChI is InChI=1S/C20H23Cl2NO4S/c1-26-18-10-14(11-23-17(20(24)25)7-8-28-2)9-16(22)19(18)27-12-13-3-5-15(21)6-4-13/h3-6,9-10,17,23H,7-8,11-12H2,1-2H3,(H,24,25). The number of carboxylic acid groups (broad SMARTS) is 1. The van der Waals surface area contributed by atoms with Crippen LogP contribution in [0, 0.1) is 0 Å². The fourth-order valence-electron chi connectivity index (χ4n) is 2.54. The minimum absolute atomic E-state index is 0.320. The third kappa shape index (κ3) is 6.78. The lowest BCUT2D eigenvalue weighted by Crippen LogP contribution is -2.36. The zero-order valence-corrected chi connectivity index (χ0v) is 18.0. The van der Waals surface area contributed by atoms with Gasteiger partial charge in [-0.3, -0.25) is 4.79 Å². The van der Waals surface area contributed by atoms with Gasteiger partial charge in [0.1, 0.15) is 12.6 Å². The molecule has 5 nitrogen and oxygen atoms in total. The molecule has 0 aliphatic carbocycles. The Hall–Kier alpha value is -1.60. The van der Waals surface area contributed by atoms with Gasteiger partial charge in [-0.25, -0.2) is 0 Å². The van der Waals surface area contributed by atoms with E-state index in [1.54, 1.807) is 36.0 Å². The van der Waals surface area contributed by atoms with Gasteiger partial charge in [0.05, 0.1) is 12.1 Å². The number of nitrogens with one attached hydrogen (secondary N) is 1. The number of thioether (sulfide) groups is 1. The number of benzene rings is 2. The van der Waals surface area contributed by atoms with Crippen LogP contribution < -0.4 is 14.8 Å². The molecule has 0 saturated carbocycles. The molecule has 2 N–H and O–H groups in total. The highest BCUT2D eigenvalue weighted by Crippen LogP contribution is 2.37. The number of hydrogen-bond donors (Lipinski definition) is 2. The second kappa shape index (κ2) is 11.4. The molecule has 0 fully saturated rings. The number of carboxylic acids is 1. The van der Waals surface area contributed by atoms with Gasteiger partial charge in [0.15, 0.2) is 11.5 Å². The first kappa shape index (κ1) is 22.7. The Balaban J connectivity index is 2.07. The van der Waals surface area contributed by atoms with Crippen molar-refractivity contribution >= 4 is 40.9 Å². The quantitative estimate of drug-likeness (QED) is 0.515. The summed E-state index contributed by atoms with van der Waals surface area (Å²) in [6, 6.07) is 10.3. The second-order valence-electron chi connectivity index (χ2n) is 6.08. The van der Waals surface area contributed by atoms with Crippen LogP contribution in [-0.2, 0) is 17.9 Å². The molecule has 1 atom stereocenters. The van der Waals surface area contributed by atoms with Crippen molar-refractivity contribution in [3.63, 3.8) is 0 Å². The molecule has 0 aliphatic heterocycles. The van der Waals surface area contributed by atoms with Gasteiger partial charge in [-0.1, -0.05) is 35.3 Å². The number of ether oxygens (including phenoxy) is 2. The van der Waals surface area contributed by atoms with E-state index < -0.39 is 12.0 Å². The smallest absolute Gasteiger partial charge is 0.320 e. The maximum atomic E-state index is 11.4. The average molecular weight is 444 g/mol. The summed E-state index contributed by atoms with van der Waals surface area (Å²) in [5.41, 5.74) is 1.77. The predicted molar refractivity (Wildman–Crippen MR) is 115 cm³/mol. The van der Waals surface area contributed by atoms with E-state index in [-0.39, 0.29) is 0 Å². The van der Waals surface area contributed by atoms with Crippen molar-refractivity contribution in [2.24, 2.45) is 0 Å². The zero-order valence-electron chi connectivity index (χ0n) is 15.7. The summed E-state index contributed by atoms with van der Waals surface area (Å²) in [5, 5.41) is 13.4. The molecule has 2 aromatic carbocycles. The lowest BCUT2D eigenvalue weighted by molar-refractivity contribution is -0.139. The van der Waals surface area contributed by atoms with Crippen LogP contribution >= 0.6 is 35.0 Å². The van der Waals surface area contributed by atoms with Crippen LogP contribution in [0.1, 0.15) is 17.5 Å². The van der Waals surface area contributed by atoms with Crippen LogP contribution in [0.3, 0.4) is 0 Å². The van der Waals surface area contributed by atoms with Crippen molar-refractivity contribution < 1.29 is 19.4 Å². The first-order valence-electron chi connectivity index (χ1n) is 8.63. The molecule has 0 radical (unpaired) electrons. The summed E-state index contributed by atoms with van der Waals surface area (Å²) >= 11 is 13.9. The maximum Gasteiger partial charge on any atom is 0.320 e. The van der Waals surface area contributed by atoms with Crippen molar-refractivity contribution in [3.8, 4) is 11.5 Å². The molecule has 2 aromatic rings. The molecule has 1 unspecified atom stereocenters. The molecule has 28 heavy (non-hydrogen) atoms. The van der Waals surface area contributed by atoms with Gasteiger partial charge < -0.3 is 19.9 Å². The van der Waals surface area contributed by atoms with E-state index in [0.717, 1.165) is 16.9 Å². The molecule has 2 rings (SSSR count). The Bertz CT molecular complexity index is 787. The molecule has 8 heteroatoms. The third-order valence-corrected chi connectivity index (χ3v) is 5.22. The number of halogens is 2. The predicted octanol–water partition coefficient (Wildman–Crippen LogP) is 4.88. The van der Waals surface area contributed by atoms with E-state index in [1.807, 2.05) is 18.4 Å². The summed E-state index contributed by atoms with van der Waals surface area (Å²) in [7, 11) is 1.54. The molecule has 0 amide bonds. The molecular formula is C20H23Cl2NO4S. The maximum absolute atomic E-state index is 11.4. The van der Waals surface area contributed by atoms with Crippen LogP contribution in [0.15, 0.2) is 36.4 Å².